The molecule has 164 valence electrons. The second kappa shape index (κ2) is 11.0. The summed E-state index contributed by atoms with van der Waals surface area (Å²) in [4.78, 5) is 17.6. The number of ether oxygens (including phenoxy) is 1. The largest absolute Gasteiger partial charge is 0.497 e. The van der Waals surface area contributed by atoms with E-state index in [-0.39, 0.29) is 24.4 Å². The average molecular weight is 441 g/mol. The van der Waals surface area contributed by atoms with Crippen LogP contribution in [0.25, 0.3) is 0 Å². The topological polar surface area (TPSA) is 45.9 Å². The maximum atomic E-state index is 13.2. The van der Waals surface area contributed by atoms with Crippen LogP contribution in [0.3, 0.4) is 0 Å². The lowest BCUT2D eigenvalue weighted by Crippen LogP contribution is -2.48. The van der Waals surface area contributed by atoms with Crippen LogP contribution in [0.15, 0.2) is 77.4 Å². The molecule has 3 aromatic rings. The molecule has 0 saturated carbocycles. The van der Waals surface area contributed by atoms with E-state index in [1.54, 1.807) is 25.5 Å². The minimum Gasteiger partial charge on any atom is -0.497 e. The number of hydrogen-bond donors (Lipinski definition) is 0. The fourth-order valence-electron chi connectivity index (χ4n) is 4.09. The van der Waals surface area contributed by atoms with Gasteiger partial charge in [-0.15, -0.1) is 12.4 Å². The summed E-state index contributed by atoms with van der Waals surface area (Å²) in [5, 5.41) is 0. The zero-order chi connectivity index (χ0) is 20.8. The van der Waals surface area contributed by atoms with Crippen LogP contribution >= 0.6 is 12.4 Å². The van der Waals surface area contributed by atoms with E-state index in [4.69, 9.17) is 9.15 Å². The van der Waals surface area contributed by atoms with Gasteiger partial charge in [0, 0.05) is 31.4 Å². The Kier molecular flexibility index (Phi) is 8.15. The standard InChI is InChI=1S/C25H28N2O3.ClH/c1-29-23-11-9-21(10-12-23)27(25(28)24-8-5-19-30-24)22-14-17-26(18-15-22)16-13-20-6-3-2-4-7-20;/h2-12,19,22H,13-18H2,1H3;1H. The van der Waals surface area contributed by atoms with Crippen molar-refractivity contribution in [2.75, 3.05) is 31.6 Å². The van der Waals surface area contributed by atoms with Gasteiger partial charge in [0.15, 0.2) is 5.76 Å². The highest BCUT2D eigenvalue weighted by molar-refractivity contribution is 6.04. The third-order valence-corrected chi connectivity index (χ3v) is 5.78. The average Bonchev–Trinajstić information content (AvgIpc) is 3.35. The van der Waals surface area contributed by atoms with Crippen molar-refractivity contribution in [3.63, 3.8) is 0 Å². The monoisotopic (exact) mass is 440 g/mol. The molecule has 0 N–H and O–H groups in total. The van der Waals surface area contributed by atoms with Crippen LogP contribution in [0, 0.1) is 0 Å². The number of anilines is 1. The van der Waals surface area contributed by atoms with Crippen molar-refractivity contribution in [1.82, 2.24) is 4.90 Å². The lowest BCUT2D eigenvalue weighted by molar-refractivity contribution is 0.0933. The van der Waals surface area contributed by atoms with Gasteiger partial charge in [0.1, 0.15) is 5.75 Å². The fraction of sp³-hybridized carbons (Fsp3) is 0.320. The van der Waals surface area contributed by atoms with Crippen molar-refractivity contribution in [2.45, 2.75) is 25.3 Å². The third kappa shape index (κ3) is 5.69. The summed E-state index contributed by atoms with van der Waals surface area (Å²) in [6, 6.07) is 21.9. The van der Waals surface area contributed by atoms with E-state index in [1.807, 2.05) is 29.2 Å². The van der Waals surface area contributed by atoms with E-state index < -0.39 is 0 Å². The van der Waals surface area contributed by atoms with E-state index in [9.17, 15) is 4.79 Å². The van der Waals surface area contributed by atoms with Gasteiger partial charge < -0.3 is 19.0 Å². The molecular weight excluding hydrogens is 412 g/mol. The number of amides is 1. The van der Waals surface area contributed by atoms with Gasteiger partial charge in [-0.25, -0.2) is 0 Å². The van der Waals surface area contributed by atoms with E-state index in [2.05, 4.69) is 35.2 Å². The second-order valence-corrected chi connectivity index (χ2v) is 7.66. The quantitative estimate of drug-likeness (QED) is 0.515. The van der Waals surface area contributed by atoms with Gasteiger partial charge in [-0.3, -0.25) is 4.79 Å². The molecule has 1 fully saturated rings. The molecule has 6 heteroatoms. The van der Waals surface area contributed by atoms with E-state index in [0.29, 0.717) is 5.76 Å². The minimum absolute atomic E-state index is 0. The van der Waals surface area contributed by atoms with Gasteiger partial charge in [-0.1, -0.05) is 30.3 Å². The number of benzene rings is 2. The number of piperidine rings is 1. The SMILES string of the molecule is COc1ccc(N(C(=O)c2ccco2)C2CCN(CCc3ccccc3)CC2)cc1.Cl. The van der Waals surface area contributed by atoms with Crippen molar-refractivity contribution < 1.29 is 13.9 Å². The molecule has 1 saturated heterocycles. The van der Waals surface area contributed by atoms with E-state index in [0.717, 1.165) is 50.3 Å². The van der Waals surface area contributed by atoms with E-state index in [1.165, 1.54) is 5.56 Å². The zero-order valence-electron chi connectivity index (χ0n) is 17.8. The Labute approximate surface area is 190 Å². The maximum Gasteiger partial charge on any atom is 0.294 e. The molecule has 0 aliphatic carbocycles. The summed E-state index contributed by atoms with van der Waals surface area (Å²) in [5.74, 6) is 1.06. The van der Waals surface area contributed by atoms with Crippen molar-refractivity contribution in [3.8, 4) is 5.75 Å². The highest BCUT2D eigenvalue weighted by Gasteiger charge is 2.31. The molecule has 0 atom stereocenters. The Bertz CT molecular complexity index is 921. The summed E-state index contributed by atoms with van der Waals surface area (Å²) >= 11 is 0. The second-order valence-electron chi connectivity index (χ2n) is 7.66. The van der Waals surface area contributed by atoms with Crippen LogP contribution in [0.1, 0.15) is 29.0 Å². The molecule has 1 aliphatic heterocycles. The highest BCUT2D eigenvalue weighted by atomic mass is 35.5. The number of hydrogen-bond acceptors (Lipinski definition) is 4. The van der Waals surface area contributed by atoms with Crippen LogP contribution in [0.2, 0.25) is 0 Å². The minimum atomic E-state index is -0.0899. The number of rotatable bonds is 7. The molecule has 1 aliphatic rings. The molecular formula is C25H29ClN2O3. The van der Waals surface area contributed by atoms with Crippen molar-refractivity contribution in [1.29, 1.82) is 0 Å². The predicted octanol–water partition coefficient (Wildman–Crippen LogP) is 5.06. The lowest BCUT2D eigenvalue weighted by atomic mass is 10.0. The first-order valence-corrected chi connectivity index (χ1v) is 10.5. The molecule has 31 heavy (non-hydrogen) atoms. The number of nitrogens with zero attached hydrogens (tertiary/aromatic N) is 2. The summed E-state index contributed by atoms with van der Waals surface area (Å²) < 4.78 is 10.7. The first-order chi connectivity index (χ1) is 14.7. The number of carbonyl (C=O) groups is 1. The Hall–Kier alpha value is -2.76. The van der Waals surface area contributed by atoms with Crippen molar-refractivity contribution in [3.05, 3.63) is 84.3 Å². The van der Waals surface area contributed by atoms with Gasteiger partial charge in [0.25, 0.3) is 5.91 Å². The van der Waals surface area contributed by atoms with Gasteiger partial charge in [0.2, 0.25) is 0 Å². The van der Waals surface area contributed by atoms with Crippen LogP contribution in [-0.4, -0.2) is 43.6 Å². The van der Waals surface area contributed by atoms with Gasteiger partial charge in [0.05, 0.1) is 13.4 Å². The predicted molar refractivity (Wildman–Crippen MR) is 125 cm³/mol. The normalized spacial score (nSPS) is 14.6. The number of carbonyl (C=O) groups excluding carboxylic acids is 1. The molecule has 2 heterocycles. The molecule has 0 unspecified atom stereocenters. The van der Waals surface area contributed by atoms with Crippen molar-refractivity contribution >= 4 is 24.0 Å². The Morgan fingerprint density at radius 1 is 1.03 bits per heavy atom. The first-order valence-electron chi connectivity index (χ1n) is 10.5. The Morgan fingerprint density at radius 3 is 2.35 bits per heavy atom. The van der Waals surface area contributed by atoms with Gasteiger partial charge in [-0.2, -0.15) is 0 Å². The van der Waals surface area contributed by atoms with Crippen LogP contribution in [0.4, 0.5) is 5.69 Å². The summed E-state index contributed by atoms with van der Waals surface area (Å²) in [6.45, 7) is 3.01. The molecule has 0 radical (unpaired) electrons. The van der Waals surface area contributed by atoms with Gasteiger partial charge >= 0.3 is 0 Å². The Morgan fingerprint density at radius 2 is 1.74 bits per heavy atom. The molecule has 4 rings (SSSR count). The van der Waals surface area contributed by atoms with Crippen molar-refractivity contribution in [2.24, 2.45) is 0 Å². The number of methoxy groups -OCH3 is 1. The number of likely N-dealkylation sites (tertiary alicyclic amines) is 1. The molecule has 5 nitrogen and oxygen atoms in total. The van der Waals surface area contributed by atoms with Gasteiger partial charge in [-0.05, 0) is 61.2 Å². The smallest absolute Gasteiger partial charge is 0.294 e. The summed E-state index contributed by atoms with van der Waals surface area (Å²) in [6.07, 6.45) is 4.48. The van der Waals surface area contributed by atoms with Crippen LogP contribution < -0.4 is 9.64 Å². The van der Waals surface area contributed by atoms with E-state index >= 15 is 0 Å². The fourth-order valence-corrected chi connectivity index (χ4v) is 4.09. The molecule has 0 bridgehead atoms. The first kappa shape index (κ1) is 22.9. The molecule has 0 spiro atoms. The third-order valence-electron chi connectivity index (χ3n) is 5.78. The van der Waals surface area contributed by atoms with Crippen LogP contribution in [-0.2, 0) is 6.42 Å². The summed E-state index contributed by atoms with van der Waals surface area (Å²) in [5.41, 5.74) is 2.24. The molecule has 2 aromatic carbocycles. The highest BCUT2D eigenvalue weighted by Crippen LogP contribution is 2.28. The number of halogens is 1. The number of furan rings is 1. The maximum absolute atomic E-state index is 13.2. The zero-order valence-corrected chi connectivity index (χ0v) is 18.6. The Balaban J connectivity index is 0.00000272. The molecule has 1 aromatic heterocycles. The summed E-state index contributed by atoms with van der Waals surface area (Å²) in [7, 11) is 1.64. The van der Waals surface area contributed by atoms with Crippen LogP contribution in [0.5, 0.6) is 5.75 Å². The molecule has 1 amide bonds. The lowest BCUT2D eigenvalue weighted by Gasteiger charge is -2.38.